The van der Waals surface area contributed by atoms with Gasteiger partial charge in [0.15, 0.2) is 5.06 Å². The second-order valence-electron chi connectivity index (χ2n) is 4.77. The lowest BCUT2D eigenvalue weighted by Gasteiger charge is -2.17. The standard InChI is InChI=1S/C14H18N2O2S/c1-8(11-7-19-14(18-4)10(11)3)5-12-9(2)6-13(17)16-15-12/h5,7,9H,6H2,1-4H3,(H,16,17). The highest BCUT2D eigenvalue weighted by Crippen LogP contribution is 2.33. The van der Waals surface area contributed by atoms with Crippen molar-refractivity contribution in [2.75, 3.05) is 7.11 Å². The van der Waals surface area contributed by atoms with E-state index < -0.39 is 0 Å². The largest absolute Gasteiger partial charge is 0.487 e. The number of rotatable bonds is 3. The smallest absolute Gasteiger partial charge is 0.240 e. The molecule has 1 aliphatic heterocycles. The normalized spacial score (nSPS) is 20.0. The molecule has 0 aromatic carbocycles. The second kappa shape index (κ2) is 5.57. The summed E-state index contributed by atoms with van der Waals surface area (Å²) in [4.78, 5) is 11.2. The molecule has 1 aliphatic rings. The zero-order chi connectivity index (χ0) is 14.0. The van der Waals surface area contributed by atoms with Gasteiger partial charge in [0.05, 0.1) is 12.8 Å². The number of amides is 1. The van der Waals surface area contributed by atoms with Gasteiger partial charge in [-0.1, -0.05) is 6.92 Å². The van der Waals surface area contributed by atoms with Gasteiger partial charge in [-0.05, 0) is 31.1 Å². The van der Waals surface area contributed by atoms with Crippen LogP contribution in [-0.4, -0.2) is 18.7 Å². The molecule has 0 saturated carbocycles. The van der Waals surface area contributed by atoms with Crippen LogP contribution in [0.4, 0.5) is 0 Å². The predicted molar refractivity (Wildman–Crippen MR) is 78.6 cm³/mol. The minimum atomic E-state index is -0.0179. The van der Waals surface area contributed by atoms with Gasteiger partial charge in [-0.2, -0.15) is 5.10 Å². The fourth-order valence-corrected chi connectivity index (χ4v) is 3.10. The van der Waals surface area contributed by atoms with Crippen LogP contribution in [0.2, 0.25) is 0 Å². The van der Waals surface area contributed by atoms with E-state index in [4.69, 9.17) is 4.74 Å². The van der Waals surface area contributed by atoms with Crippen molar-refractivity contribution < 1.29 is 9.53 Å². The molecular formula is C14H18N2O2S. The Kier molecular flexibility index (Phi) is 4.04. The molecule has 19 heavy (non-hydrogen) atoms. The summed E-state index contributed by atoms with van der Waals surface area (Å²) in [6.45, 7) is 6.12. The molecule has 1 aromatic rings. The number of nitrogens with one attached hydrogen (secondary N) is 1. The molecule has 2 rings (SSSR count). The van der Waals surface area contributed by atoms with Crippen LogP contribution in [0.1, 0.15) is 31.4 Å². The number of carbonyl (C=O) groups is 1. The molecule has 0 saturated heterocycles. The first-order valence-electron chi connectivity index (χ1n) is 6.20. The molecule has 1 amide bonds. The summed E-state index contributed by atoms with van der Waals surface area (Å²) in [7, 11) is 1.69. The van der Waals surface area contributed by atoms with Crippen molar-refractivity contribution >= 4 is 28.5 Å². The molecule has 0 radical (unpaired) electrons. The van der Waals surface area contributed by atoms with Gasteiger partial charge < -0.3 is 4.74 Å². The quantitative estimate of drug-likeness (QED) is 0.924. The number of carbonyl (C=O) groups excluding carboxylic acids is 1. The van der Waals surface area contributed by atoms with Crippen LogP contribution in [0, 0.1) is 12.8 Å². The van der Waals surface area contributed by atoms with Crippen LogP contribution in [-0.2, 0) is 4.79 Å². The lowest BCUT2D eigenvalue weighted by Crippen LogP contribution is -2.30. The second-order valence-corrected chi connectivity index (χ2v) is 5.61. The van der Waals surface area contributed by atoms with Crippen LogP contribution < -0.4 is 10.2 Å². The van der Waals surface area contributed by atoms with E-state index in [2.05, 4.69) is 29.8 Å². The summed E-state index contributed by atoms with van der Waals surface area (Å²) in [5, 5.41) is 7.16. The monoisotopic (exact) mass is 278 g/mol. The molecule has 4 nitrogen and oxygen atoms in total. The highest BCUT2D eigenvalue weighted by Gasteiger charge is 2.19. The first-order chi connectivity index (χ1) is 9.02. The first kappa shape index (κ1) is 13.8. The Morgan fingerprint density at radius 3 is 2.95 bits per heavy atom. The van der Waals surface area contributed by atoms with Crippen molar-refractivity contribution in [3.8, 4) is 5.06 Å². The van der Waals surface area contributed by atoms with Crippen LogP contribution in [0.5, 0.6) is 5.06 Å². The fraction of sp³-hybridized carbons (Fsp3) is 0.429. The molecule has 1 unspecified atom stereocenters. The van der Waals surface area contributed by atoms with Crippen molar-refractivity contribution in [2.45, 2.75) is 27.2 Å². The molecule has 2 heterocycles. The van der Waals surface area contributed by atoms with Gasteiger partial charge in [0.25, 0.3) is 0 Å². The van der Waals surface area contributed by atoms with Gasteiger partial charge in [-0.15, -0.1) is 11.3 Å². The number of nitrogens with zero attached hydrogens (tertiary/aromatic N) is 1. The number of hydrogen-bond acceptors (Lipinski definition) is 4. The average Bonchev–Trinajstić information content (AvgIpc) is 2.74. The molecule has 0 aliphatic carbocycles. The van der Waals surface area contributed by atoms with Gasteiger partial charge >= 0.3 is 0 Å². The minimum absolute atomic E-state index is 0.0179. The van der Waals surface area contributed by atoms with Crippen molar-refractivity contribution in [1.29, 1.82) is 0 Å². The third kappa shape index (κ3) is 2.87. The maximum atomic E-state index is 11.2. The Morgan fingerprint density at radius 1 is 1.63 bits per heavy atom. The number of hydrazone groups is 1. The summed E-state index contributed by atoms with van der Waals surface area (Å²) in [6.07, 6.45) is 2.53. The van der Waals surface area contributed by atoms with E-state index in [1.807, 2.05) is 13.0 Å². The van der Waals surface area contributed by atoms with Crippen LogP contribution >= 0.6 is 11.3 Å². The summed E-state index contributed by atoms with van der Waals surface area (Å²) >= 11 is 1.60. The Hall–Kier alpha value is -1.62. The lowest BCUT2D eigenvalue weighted by molar-refractivity contribution is -0.121. The maximum Gasteiger partial charge on any atom is 0.240 e. The molecule has 5 heteroatoms. The van der Waals surface area contributed by atoms with Crippen LogP contribution in [0.15, 0.2) is 16.6 Å². The molecule has 0 bridgehead atoms. The number of hydrogen-bond donors (Lipinski definition) is 1. The van der Waals surface area contributed by atoms with Gasteiger partial charge in [-0.3, -0.25) is 4.79 Å². The SMILES string of the molecule is COc1scc(C(C)=CC2=NNC(=O)CC2C)c1C. The van der Waals surface area contributed by atoms with E-state index in [1.165, 1.54) is 5.56 Å². The minimum Gasteiger partial charge on any atom is -0.487 e. The number of thiophene rings is 1. The third-order valence-electron chi connectivity index (χ3n) is 3.27. The Balaban J connectivity index is 2.28. The van der Waals surface area contributed by atoms with E-state index in [-0.39, 0.29) is 11.8 Å². The zero-order valence-corrected chi connectivity index (χ0v) is 12.4. The predicted octanol–water partition coefficient (Wildman–Crippen LogP) is 2.98. The third-order valence-corrected chi connectivity index (χ3v) is 4.32. The fourth-order valence-electron chi connectivity index (χ4n) is 2.13. The van der Waals surface area contributed by atoms with E-state index in [0.717, 1.165) is 21.9 Å². The Labute approximate surface area is 117 Å². The number of ether oxygens (including phenoxy) is 1. The lowest BCUT2D eigenvalue weighted by atomic mass is 9.96. The van der Waals surface area contributed by atoms with Gasteiger partial charge in [0.2, 0.25) is 5.91 Å². The maximum absolute atomic E-state index is 11.2. The van der Waals surface area contributed by atoms with E-state index in [0.29, 0.717) is 6.42 Å². The summed E-state index contributed by atoms with van der Waals surface area (Å²) < 4.78 is 5.31. The van der Waals surface area contributed by atoms with Crippen molar-refractivity contribution in [3.05, 3.63) is 22.6 Å². The Bertz CT molecular complexity index is 558. The number of methoxy groups -OCH3 is 1. The summed E-state index contributed by atoms with van der Waals surface area (Å²) in [5.74, 6) is 0.139. The molecule has 1 N–H and O–H groups in total. The van der Waals surface area contributed by atoms with Crippen molar-refractivity contribution in [1.82, 2.24) is 5.43 Å². The topological polar surface area (TPSA) is 50.7 Å². The van der Waals surface area contributed by atoms with Gasteiger partial charge in [0, 0.05) is 23.3 Å². The van der Waals surface area contributed by atoms with E-state index >= 15 is 0 Å². The zero-order valence-electron chi connectivity index (χ0n) is 11.6. The average molecular weight is 278 g/mol. The molecule has 102 valence electrons. The van der Waals surface area contributed by atoms with Crippen molar-refractivity contribution in [3.63, 3.8) is 0 Å². The summed E-state index contributed by atoms with van der Waals surface area (Å²) in [6, 6.07) is 0. The number of allylic oxidation sites excluding steroid dienone is 2. The molecule has 0 fully saturated rings. The molecule has 1 atom stereocenters. The molecular weight excluding hydrogens is 260 g/mol. The molecule has 0 spiro atoms. The van der Waals surface area contributed by atoms with Crippen LogP contribution in [0.25, 0.3) is 5.57 Å². The molecule has 1 aromatic heterocycles. The van der Waals surface area contributed by atoms with Gasteiger partial charge in [0.1, 0.15) is 0 Å². The summed E-state index contributed by atoms with van der Waals surface area (Å²) in [5.41, 5.74) is 6.91. The highest BCUT2D eigenvalue weighted by atomic mass is 32.1. The van der Waals surface area contributed by atoms with Crippen molar-refractivity contribution in [2.24, 2.45) is 11.0 Å². The van der Waals surface area contributed by atoms with Gasteiger partial charge in [-0.25, -0.2) is 5.43 Å². The van der Waals surface area contributed by atoms with E-state index in [9.17, 15) is 4.79 Å². The first-order valence-corrected chi connectivity index (χ1v) is 7.08. The Morgan fingerprint density at radius 2 is 2.37 bits per heavy atom. The van der Waals surface area contributed by atoms with E-state index in [1.54, 1.807) is 18.4 Å². The highest BCUT2D eigenvalue weighted by molar-refractivity contribution is 7.12. The van der Waals surface area contributed by atoms with Crippen LogP contribution in [0.3, 0.4) is 0 Å².